The number of nitrogens with zero attached hydrogens (tertiary/aromatic N) is 1. The van der Waals surface area contributed by atoms with Crippen molar-refractivity contribution in [3.8, 4) is 6.07 Å². The molecular formula is C14H15NO4. The lowest BCUT2D eigenvalue weighted by atomic mass is 9.84. The molecule has 0 spiro atoms. The van der Waals surface area contributed by atoms with Gasteiger partial charge in [-0.1, -0.05) is 30.3 Å². The molecule has 0 bridgehead atoms. The first-order valence-corrected chi connectivity index (χ1v) is 5.73. The second-order valence-electron chi connectivity index (χ2n) is 3.90. The van der Waals surface area contributed by atoms with E-state index in [-0.39, 0.29) is 6.42 Å². The Kier molecular flexibility index (Phi) is 5.55. The average Bonchev–Trinajstić information content (AvgIpc) is 2.46. The van der Waals surface area contributed by atoms with Crippen molar-refractivity contribution in [3.05, 3.63) is 35.9 Å². The van der Waals surface area contributed by atoms with Crippen LogP contribution in [-0.4, -0.2) is 26.2 Å². The molecule has 0 amide bonds. The highest BCUT2D eigenvalue weighted by molar-refractivity contribution is 5.96. The first kappa shape index (κ1) is 14.7. The zero-order valence-corrected chi connectivity index (χ0v) is 10.8. The zero-order chi connectivity index (χ0) is 14.3. The number of ether oxygens (including phenoxy) is 2. The topological polar surface area (TPSA) is 76.4 Å². The number of benzene rings is 1. The summed E-state index contributed by atoms with van der Waals surface area (Å²) < 4.78 is 9.27. The summed E-state index contributed by atoms with van der Waals surface area (Å²) in [7, 11) is 2.40. The molecule has 0 fully saturated rings. The molecule has 0 aromatic heterocycles. The molecule has 0 aliphatic heterocycles. The Hall–Kier alpha value is -2.35. The van der Waals surface area contributed by atoms with Gasteiger partial charge in [-0.3, -0.25) is 9.59 Å². The summed E-state index contributed by atoms with van der Waals surface area (Å²) in [6.07, 6.45) is 0.0267. The van der Waals surface area contributed by atoms with Crippen LogP contribution in [0, 0.1) is 17.2 Å². The molecule has 0 aliphatic rings. The monoisotopic (exact) mass is 261 g/mol. The average molecular weight is 261 g/mol. The highest BCUT2D eigenvalue weighted by Crippen LogP contribution is 2.29. The van der Waals surface area contributed by atoms with Crippen molar-refractivity contribution in [1.29, 1.82) is 5.26 Å². The number of rotatable bonds is 5. The van der Waals surface area contributed by atoms with Gasteiger partial charge in [-0.15, -0.1) is 0 Å². The molecule has 0 aliphatic carbocycles. The van der Waals surface area contributed by atoms with Crippen LogP contribution in [0.4, 0.5) is 0 Å². The van der Waals surface area contributed by atoms with Gasteiger partial charge in [0, 0.05) is 12.3 Å². The van der Waals surface area contributed by atoms with E-state index in [1.165, 1.54) is 14.2 Å². The van der Waals surface area contributed by atoms with Gasteiger partial charge in [0.2, 0.25) is 0 Å². The summed E-state index contributed by atoms with van der Waals surface area (Å²) in [5.41, 5.74) is 0.727. The lowest BCUT2D eigenvalue weighted by molar-refractivity contribution is -0.159. The van der Waals surface area contributed by atoms with Crippen molar-refractivity contribution >= 4 is 11.9 Å². The van der Waals surface area contributed by atoms with Crippen molar-refractivity contribution in [3.63, 3.8) is 0 Å². The number of hydrogen-bond donors (Lipinski definition) is 0. The SMILES string of the molecule is COC(=O)C(C(=O)OC)C(CC#N)c1ccccc1. The Bertz CT molecular complexity index is 462. The van der Waals surface area contributed by atoms with E-state index >= 15 is 0 Å². The predicted octanol–water partition coefficient (Wildman–Crippen LogP) is 1.65. The van der Waals surface area contributed by atoms with Gasteiger partial charge in [0.15, 0.2) is 5.92 Å². The number of hydrogen-bond acceptors (Lipinski definition) is 5. The molecule has 1 aromatic carbocycles. The Morgan fingerprint density at radius 3 is 2.11 bits per heavy atom. The van der Waals surface area contributed by atoms with Gasteiger partial charge in [0.05, 0.1) is 20.3 Å². The Morgan fingerprint density at radius 2 is 1.68 bits per heavy atom. The van der Waals surface area contributed by atoms with Gasteiger partial charge in [-0.05, 0) is 5.56 Å². The number of esters is 2. The van der Waals surface area contributed by atoms with E-state index in [0.29, 0.717) is 0 Å². The summed E-state index contributed by atoms with van der Waals surface area (Å²) in [6, 6.07) is 10.9. The van der Waals surface area contributed by atoms with E-state index in [9.17, 15) is 9.59 Å². The van der Waals surface area contributed by atoms with Crippen LogP contribution in [0.5, 0.6) is 0 Å². The molecule has 1 atom stereocenters. The van der Waals surface area contributed by atoms with Crippen molar-refractivity contribution < 1.29 is 19.1 Å². The summed E-state index contributed by atoms with van der Waals surface area (Å²) in [4.78, 5) is 23.5. The fourth-order valence-electron chi connectivity index (χ4n) is 1.91. The number of carbonyl (C=O) groups is 2. The summed E-state index contributed by atoms with van der Waals surface area (Å²) in [6.45, 7) is 0. The quantitative estimate of drug-likeness (QED) is 0.595. The standard InChI is InChI=1S/C14H15NO4/c1-18-13(16)12(14(17)19-2)11(8-9-15)10-6-4-3-5-7-10/h3-7,11-12H,8H2,1-2H3. The molecule has 0 radical (unpaired) electrons. The summed E-state index contributed by atoms with van der Waals surface area (Å²) >= 11 is 0. The van der Waals surface area contributed by atoms with E-state index < -0.39 is 23.8 Å². The van der Waals surface area contributed by atoms with Crippen molar-refractivity contribution in [2.45, 2.75) is 12.3 Å². The van der Waals surface area contributed by atoms with E-state index in [0.717, 1.165) is 5.56 Å². The van der Waals surface area contributed by atoms with Crippen LogP contribution < -0.4 is 0 Å². The number of methoxy groups -OCH3 is 2. The predicted molar refractivity (Wildman–Crippen MR) is 66.9 cm³/mol. The molecule has 0 heterocycles. The van der Waals surface area contributed by atoms with Crippen molar-refractivity contribution in [1.82, 2.24) is 0 Å². The van der Waals surface area contributed by atoms with E-state index in [1.54, 1.807) is 24.3 Å². The Balaban J connectivity index is 3.17. The van der Waals surface area contributed by atoms with Gasteiger partial charge in [-0.25, -0.2) is 0 Å². The molecular weight excluding hydrogens is 246 g/mol. The minimum absolute atomic E-state index is 0.0267. The molecule has 0 N–H and O–H groups in total. The highest BCUT2D eigenvalue weighted by atomic mass is 16.5. The van der Waals surface area contributed by atoms with Gasteiger partial charge in [0.25, 0.3) is 0 Å². The minimum atomic E-state index is -1.13. The number of nitriles is 1. The molecule has 1 aromatic rings. The third kappa shape index (κ3) is 3.55. The van der Waals surface area contributed by atoms with E-state index in [4.69, 9.17) is 5.26 Å². The molecule has 19 heavy (non-hydrogen) atoms. The molecule has 5 nitrogen and oxygen atoms in total. The van der Waals surface area contributed by atoms with Crippen molar-refractivity contribution in [2.75, 3.05) is 14.2 Å². The third-order valence-electron chi connectivity index (χ3n) is 2.85. The Morgan fingerprint density at radius 1 is 1.16 bits per heavy atom. The van der Waals surface area contributed by atoms with Crippen LogP contribution in [0.1, 0.15) is 17.9 Å². The van der Waals surface area contributed by atoms with E-state index in [1.807, 2.05) is 12.1 Å². The smallest absolute Gasteiger partial charge is 0.320 e. The zero-order valence-electron chi connectivity index (χ0n) is 10.8. The maximum absolute atomic E-state index is 11.8. The second kappa shape index (κ2) is 7.17. The van der Waals surface area contributed by atoms with Crippen LogP contribution >= 0.6 is 0 Å². The van der Waals surface area contributed by atoms with Gasteiger partial charge in [0.1, 0.15) is 0 Å². The molecule has 5 heteroatoms. The largest absolute Gasteiger partial charge is 0.468 e. The maximum Gasteiger partial charge on any atom is 0.320 e. The summed E-state index contributed by atoms with van der Waals surface area (Å²) in [5.74, 6) is -3.10. The summed E-state index contributed by atoms with van der Waals surface area (Å²) in [5, 5.41) is 8.90. The van der Waals surface area contributed by atoms with Crippen LogP contribution in [0.25, 0.3) is 0 Å². The van der Waals surface area contributed by atoms with Crippen LogP contribution in [0.3, 0.4) is 0 Å². The lowest BCUT2D eigenvalue weighted by Gasteiger charge is -2.21. The molecule has 0 saturated heterocycles. The van der Waals surface area contributed by atoms with Gasteiger partial charge < -0.3 is 9.47 Å². The second-order valence-corrected chi connectivity index (χ2v) is 3.90. The molecule has 1 unspecified atom stereocenters. The molecule has 100 valence electrons. The Labute approximate surface area is 111 Å². The van der Waals surface area contributed by atoms with Crippen LogP contribution in [0.2, 0.25) is 0 Å². The normalized spacial score (nSPS) is 11.5. The third-order valence-corrected chi connectivity index (χ3v) is 2.85. The maximum atomic E-state index is 11.8. The van der Waals surface area contributed by atoms with Crippen LogP contribution in [-0.2, 0) is 19.1 Å². The number of carbonyl (C=O) groups excluding carboxylic acids is 2. The lowest BCUT2D eigenvalue weighted by Crippen LogP contribution is -2.32. The first-order valence-electron chi connectivity index (χ1n) is 5.73. The fourth-order valence-corrected chi connectivity index (χ4v) is 1.91. The van der Waals surface area contributed by atoms with Crippen molar-refractivity contribution in [2.24, 2.45) is 5.92 Å². The highest BCUT2D eigenvalue weighted by Gasteiger charge is 2.37. The molecule has 0 saturated carbocycles. The molecule has 1 rings (SSSR count). The first-order chi connectivity index (χ1) is 9.15. The van der Waals surface area contributed by atoms with Gasteiger partial charge in [-0.2, -0.15) is 5.26 Å². The van der Waals surface area contributed by atoms with Crippen LogP contribution in [0.15, 0.2) is 30.3 Å². The van der Waals surface area contributed by atoms with E-state index in [2.05, 4.69) is 9.47 Å². The minimum Gasteiger partial charge on any atom is -0.468 e. The van der Waals surface area contributed by atoms with Gasteiger partial charge >= 0.3 is 11.9 Å². The fraction of sp³-hybridized carbons (Fsp3) is 0.357.